The maximum absolute atomic E-state index is 12.3. The average molecular weight is 157 g/mol. The topological polar surface area (TPSA) is 12.9 Å². The minimum Gasteiger partial charge on any atom is -0.257 e. The Morgan fingerprint density at radius 2 is 2.30 bits per heavy atom. The summed E-state index contributed by atoms with van der Waals surface area (Å²) >= 11 is 4.14. The van der Waals surface area contributed by atoms with Crippen LogP contribution in [0.3, 0.4) is 0 Å². The lowest BCUT2D eigenvalue weighted by atomic mass is 10.3. The molecule has 0 bridgehead atoms. The number of thiol groups is 1. The van der Waals surface area contributed by atoms with Crippen molar-refractivity contribution in [3.63, 3.8) is 0 Å². The van der Waals surface area contributed by atoms with Crippen molar-refractivity contribution in [1.82, 2.24) is 4.98 Å². The Kier molecular flexibility index (Phi) is 2.27. The molecule has 0 saturated heterocycles. The van der Waals surface area contributed by atoms with E-state index in [1.165, 1.54) is 12.3 Å². The van der Waals surface area contributed by atoms with Crippen LogP contribution in [-0.4, -0.2) is 4.98 Å². The number of aromatic nitrogens is 1. The molecule has 3 heteroatoms. The molecular weight excluding hydrogens is 149 g/mol. The molecule has 0 aromatic carbocycles. The van der Waals surface area contributed by atoms with Gasteiger partial charge in [-0.1, -0.05) is 0 Å². The fourth-order valence-corrected chi connectivity index (χ4v) is 0.787. The number of rotatable bonds is 1. The highest BCUT2D eigenvalue weighted by atomic mass is 32.1. The normalized spacial score (nSPS) is 13.1. The first kappa shape index (κ1) is 7.54. The van der Waals surface area contributed by atoms with Gasteiger partial charge < -0.3 is 0 Å². The zero-order chi connectivity index (χ0) is 7.56. The third-order valence-corrected chi connectivity index (χ3v) is 1.44. The van der Waals surface area contributed by atoms with E-state index in [9.17, 15) is 4.39 Å². The van der Waals surface area contributed by atoms with E-state index < -0.39 is 0 Å². The Hall–Kier alpha value is -0.570. The van der Waals surface area contributed by atoms with Gasteiger partial charge in [-0.15, -0.1) is 0 Å². The highest BCUT2D eigenvalue weighted by molar-refractivity contribution is 7.80. The second kappa shape index (κ2) is 3.01. The highest BCUT2D eigenvalue weighted by Crippen LogP contribution is 2.15. The van der Waals surface area contributed by atoms with Crippen molar-refractivity contribution in [2.45, 2.75) is 12.2 Å². The Morgan fingerprint density at radius 1 is 1.60 bits per heavy atom. The molecule has 0 spiro atoms. The van der Waals surface area contributed by atoms with Gasteiger partial charge in [0.05, 0.1) is 11.9 Å². The van der Waals surface area contributed by atoms with Gasteiger partial charge in [0.1, 0.15) is 5.82 Å². The number of nitrogens with zero attached hydrogens (tertiary/aromatic N) is 1. The number of hydrogen-bond donors (Lipinski definition) is 1. The monoisotopic (exact) mass is 157 g/mol. The van der Waals surface area contributed by atoms with Gasteiger partial charge in [0.2, 0.25) is 0 Å². The molecule has 1 unspecified atom stereocenters. The van der Waals surface area contributed by atoms with E-state index in [-0.39, 0.29) is 11.1 Å². The molecular formula is C7H8FNS. The van der Waals surface area contributed by atoms with Crippen LogP contribution in [0.2, 0.25) is 0 Å². The van der Waals surface area contributed by atoms with Crippen molar-refractivity contribution < 1.29 is 4.39 Å². The second-order valence-corrected chi connectivity index (χ2v) is 2.85. The maximum atomic E-state index is 12.3. The van der Waals surface area contributed by atoms with Crippen LogP contribution in [0.4, 0.5) is 4.39 Å². The third-order valence-electron chi connectivity index (χ3n) is 1.18. The summed E-state index contributed by atoms with van der Waals surface area (Å²) in [6, 6.07) is 3.02. The van der Waals surface area contributed by atoms with E-state index in [4.69, 9.17) is 0 Å². The zero-order valence-electron chi connectivity index (χ0n) is 5.58. The van der Waals surface area contributed by atoms with Crippen LogP contribution in [0, 0.1) is 5.82 Å². The molecule has 10 heavy (non-hydrogen) atoms. The summed E-state index contributed by atoms with van der Waals surface area (Å²) < 4.78 is 12.3. The Labute approximate surface area is 64.7 Å². The SMILES string of the molecule is CC(S)c1ccc(F)cn1. The highest BCUT2D eigenvalue weighted by Gasteiger charge is 1.99. The summed E-state index contributed by atoms with van der Waals surface area (Å²) in [4.78, 5) is 3.83. The first-order valence-electron chi connectivity index (χ1n) is 2.99. The molecule has 1 aromatic rings. The second-order valence-electron chi connectivity index (χ2n) is 2.08. The molecule has 0 amide bonds. The largest absolute Gasteiger partial charge is 0.257 e. The smallest absolute Gasteiger partial charge is 0.141 e. The third kappa shape index (κ3) is 1.70. The summed E-state index contributed by atoms with van der Waals surface area (Å²) in [5.74, 6) is -0.308. The van der Waals surface area contributed by atoms with Crippen LogP contribution in [0.1, 0.15) is 17.9 Å². The van der Waals surface area contributed by atoms with Crippen LogP contribution in [-0.2, 0) is 0 Å². The molecule has 0 aliphatic carbocycles. The molecule has 0 aliphatic rings. The van der Waals surface area contributed by atoms with Crippen molar-refractivity contribution >= 4 is 12.6 Å². The molecule has 1 aromatic heterocycles. The molecule has 1 nitrogen and oxygen atoms in total. The predicted molar refractivity (Wildman–Crippen MR) is 41.6 cm³/mol. The van der Waals surface area contributed by atoms with Crippen molar-refractivity contribution in [2.24, 2.45) is 0 Å². The average Bonchev–Trinajstić information content (AvgIpc) is 1.88. The quantitative estimate of drug-likeness (QED) is 0.617. The molecule has 0 aliphatic heterocycles. The Balaban J connectivity index is 2.89. The Bertz CT molecular complexity index is 207. The summed E-state index contributed by atoms with van der Waals surface area (Å²) in [6.45, 7) is 1.89. The fraction of sp³-hybridized carbons (Fsp3) is 0.286. The molecule has 0 fully saturated rings. The van der Waals surface area contributed by atoms with Crippen LogP contribution >= 0.6 is 12.6 Å². The molecule has 1 heterocycles. The molecule has 0 saturated carbocycles. The van der Waals surface area contributed by atoms with Gasteiger partial charge >= 0.3 is 0 Å². The Morgan fingerprint density at radius 3 is 2.70 bits per heavy atom. The van der Waals surface area contributed by atoms with Crippen molar-refractivity contribution in [1.29, 1.82) is 0 Å². The van der Waals surface area contributed by atoms with E-state index in [0.717, 1.165) is 5.69 Å². The zero-order valence-corrected chi connectivity index (χ0v) is 6.48. The van der Waals surface area contributed by atoms with Crippen LogP contribution in [0.25, 0.3) is 0 Å². The maximum Gasteiger partial charge on any atom is 0.141 e. The van der Waals surface area contributed by atoms with E-state index in [1.807, 2.05) is 6.92 Å². The van der Waals surface area contributed by atoms with Gasteiger partial charge in [-0.05, 0) is 19.1 Å². The number of pyridine rings is 1. The fourth-order valence-electron chi connectivity index (χ4n) is 0.634. The standard InChI is InChI=1S/C7H8FNS/c1-5(10)7-3-2-6(8)4-9-7/h2-5,10H,1H3. The first-order valence-corrected chi connectivity index (χ1v) is 3.51. The number of hydrogen-bond acceptors (Lipinski definition) is 2. The van der Waals surface area contributed by atoms with E-state index in [2.05, 4.69) is 17.6 Å². The van der Waals surface area contributed by atoms with Gasteiger partial charge in [-0.3, -0.25) is 4.98 Å². The summed E-state index contributed by atoms with van der Waals surface area (Å²) in [6.07, 6.45) is 1.20. The van der Waals surface area contributed by atoms with Crippen LogP contribution in [0.5, 0.6) is 0 Å². The lowest BCUT2D eigenvalue weighted by Crippen LogP contribution is -1.89. The van der Waals surface area contributed by atoms with E-state index >= 15 is 0 Å². The number of halogens is 1. The van der Waals surface area contributed by atoms with Gasteiger partial charge in [0.15, 0.2) is 0 Å². The van der Waals surface area contributed by atoms with Gasteiger partial charge in [-0.25, -0.2) is 4.39 Å². The first-order chi connectivity index (χ1) is 4.70. The lowest BCUT2D eigenvalue weighted by molar-refractivity contribution is 0.619. The summed E-state index contributed by atoms with van der Waals surface area (Å²) in [5, 5.41) is 0.0700. The minimum absolute atomic E-state index is 0.0700. The van der Waals surface area contributed by atoms with E-state index in [1.54, 1.807) is 6.07 Å². The molecule has 1 atom stereocenters. The molecule has 0 radical (unpaired) electrons. The molecule has 54 valence electrons. The van der Waals surface area contributed by atoms with Gasteiger partial charge in [-0.2, -0.15) is 12.6 Å². The van der Waals surface area contributed by atoms with Crippen molar-refractivity contribution in [3.05, 3.63) is 29.8 Å². The van der Waals surface area contributed by atoms with Crippen molar-refractivity contribution in [2.75, 3.05) is 0 Å². The van der Waals surface area contributed by atoms with Gasteiger partial charge in [0, 0.05) is 5.25 Å². The summed E-state index contributed by atoms with van der Waals surface area (Å²) in [7, 11) is 0. The van der Waals surface area contributed by atoms with Crippen LogP contribution < -0.4 is 0 Å². The minimum atomic E-state index is -0.308. The predicted octanol–water partition coefficient (Wildman–Crippen LogP) is 2.21. The van der Waals surface area contributed by atoms with Crippen LogP contribution in [0.15, 0.2) is 18.3 Å². The molecule has 1 rings (SSSR count). The van der Waals surface area contributed by atoms with E-state index in [0.29, 0.717) is 0 Å². The summed E-state index contributed by atoms with van der Waals surface area (Å²) in [5.41, 5.74) is 0.796. The van der Waals surface area contributed by atoms with Crippen molar-refractivity contribution in [3.8, 4) is 0 Å². The van der Waals surface area contributed by atoms with Gasteiger partial charge in [0.25, 0.3) is 0 Å². The lowest BCUT2D eigenvalue weighted by Gasteiger charge is -2.00. The molecule has 0 N–H and O–H groups in total.